The number of rotatable bonds is 0. The number of hydrogen-bond acceptors (Lipinski definition) is 0. The average molecular weight is 4590 g/mol. The van der Waals surface area contributed by atoms with E-state index in [-0.39, 0.29) is 1410 Å². The van der Waals surface area contributed by atoms with E-state index < -0.39 is 0 Å². The molecule has 0 aliphatic carbocycles. The molecule has 0 rings (SSSR count). The average Bonchev–Trinajstić information content (AvgIpc) is 0. The fraction of sp³-hybridized carbons (Fsp3) is 0. The van der Waals surface area contributed by atoms with Crippen LogP contribution in [0.4, 0.5) is 0 Å². The smallest absolute Gasteiger partial charge is 2.00 e. The van der Waals surface area contributed by atoms with E-state index in [1.165, 1.54) is 0 Å². The Balaban J connectivity index is 0. The van der Waals surface area contributed by atoms with Crippen LogP contribution in [0.1, 0.15) is 0 Å². The molecule has 0 radical (unpaired) electrons. The van der Waals surface area contributed by atoms with Gasteiger partial charge in [-0.1, -0.05) is 0 Å². The molecule has 0 saturated heterocycles. The van der Waals surface area contributed by atoms with Gasteiger partial charge in [0.25, 0.3) is 0 Å². The van der Waals surface area contributed by atoms with Gasteiger partial charge in [-0.2, -0.15) is 0 Å². The Hall–Kier alpha value is 31.0. The summed E-state index contributed by atoms with van der Waals surface area (Å²) >= 11 is 0. The van der Waals surface area contributed by atoms with Crippen molar-refractivity contribution in [1.82, 2.24) is 0 Å². The zero-order valence-corrected chi connectivity index (χ0v) is 225. The monoisotopic (exact) mass is 4510 g/mol. The zero-order chi connectivity index (χ0) is 0. The van der Waals surface area contributed by atoms with E-state index in [4.69, 9.17) is 0 Å². The van der Waals surface area contributed by atoms with Gasteiger partial charge in [0, 0.05) is 0 Å². The molecule has 0 aromatic rings. The molecule has 0 fully saturated rings. The largest absolute Gasteiger partial charge is 2.00 e. The summed E-state index contributed by atoms with van der Waals surface area (Å²) < 4.78 is 0. The first-order valence-corrected chi connectivity index (χ1v) is 0. The molecule has 0 aliphatic rings. The third-order valence-corrected chi connectivity index (χ3v) is 0. The summed E-state index contributed by atoms with van der Waals surface area (Å²) in [5.41, 5.74) is 0. The van der Waals surface area contributed by atoms with Crippen LogP contribution in [-0.4, -0.2) is 0 Å². The molecule has 0 heterocycles. The van der Waals surface area contributed by atoms with Gasteiger partial charge in [0.2, 0.25) is 0 Å². The normalized spacial score (nSPS) is 0. The molecule has 0 atom stereocenters. The predicted octanol–water partition coefficient (Wildman–Crippen LogP) is -7.98. The van der Waals surface area contributed by atoms with Crippen molar-refractivity contribution in [1.29, 1.82) is 0 Å². The Morgan fingerprint density at radius 2 is 0.0167 bits per heavy atom. The Kier molecular flexibility index (Phi) is 102000. The van der Waals surface area contributed by atoms with E-state index in [1.807, 2.05) is 0 Å². The molecule has 0 bridgehead atoms. The van der Waals surface area contributed by atoms with Crippen molar-refractivity contribution in [2.24, 2.45) is 0 Å². The molecular weight excluding hydrogens is 4590 g/mol. The second kappa shape index (κ2) is 3460. The van der Waals surface area contributed by atoms with Gasteiger partial charge in [-0.15, -0.1) is 0 Å². The van der Waals surface area contributed by atoms with Crippen LogP contribution >= 0.6 is 0 Å². The topological polar surface area (TPSA) is 1880 Å². The Bertz CT molecular complexity index is 119. The molecule has 120 heteroatoms. The van der Waals surface area contributed by atoms with Crippen LogP contribution in [-0.2, 0) is 1410 Å². The molecule has 0 amide bonds. The summed E-state index contributed by atoms with van der Waals surface area (Å²) in [6.07, 6.45) is 0. The van der Waals surface area contributed by atoms with Crippen LogP contribution in [0.2, 0.25) is 0 Å². The minimum atomic E-state index is 0. The maximum Gasteiger partial charge on any atom is 2.00 e. The summed E-state index contributed by atoms with van der Waals surface area (Å²) in [7, 11) is 0. The van der Waals surface area contributed by atoms with Crippen LogP contribution in [0.5, 0.6) is 0 Å². The minimum Gasteiger partial charge on any atom is -2.00 e. The quantitative estimate of drug-likeness (QED) is 0.204. The first kappa shape index (κ1) is 3530. The van der Waals surface area contributed by atoms with E-state index >= 15 is 0 Å². The first-order chi connectivity index (χ1) is 0. The van der Waals surface area contributed by atoms with E-state index in [0.29, 0.717) is 0 Å². The fourth-order valence-corrected chi connectivity index (χ4v) is 0. The predicted molar refractivity (Wildman–Crippen MR) is 45.3 cm³/mol. The van der Waals surface area contributed by atoms with Crippen LogP contribution in [0.15, 0.2) is 0 Å². The van der Waals surface area contributed by atoms with Gasteiger partial charge in [0.1, 0.15) is 0 Å². The Morgan fingerprint density at radius 3 is 0.0167 bits per heavy atom. The van der Waals surface area contributed by atoms with Crippen molar-refractivity contribution < 1.29 is 1410 Å². The van der Waals surface area contributed by atoms with Gasteiger partial charge < -0.3 is 361 Å². The molecule has 0 spiro atoms. The van der Waals surface area contributed by atoms with Gasteiger partial charge in [0.05, 0.1) is 0 Å². The van der Waals surface area contributed by atoms with Crippen molar-refractivity contribution in [2.75, 3.05) is 0 Å². The molecule has 0 aliphatic heterocycles. The standard InChI is InChI=1S/66O.54Zn/q66*-2;54*+2. The summed E-state index contributed by atoms with van der Waals surface area (Å²) in [4.78, 5) is 0. The summed E-state index contributed by atoms with van der Waals surface area (Å²) in [5.74, 6) is 0. The SMILES string of the molecule is [O-2].[O-2].[O-2].[O-2].[O-2].[O-2].[O-2].[O-2].[O-2].[O-2].[O-2].[O-2].[O-2].[O-2].[O-2].[O-2].[O-2].[O-2].[O-2].[O-2].[O-2].[O-2].[O-2].[O-2].[O-2].[O-2].[O-2].[O-2].[O-2].[O-2].[O-2].[O-2].[O-2].[O-2].[O-2].[O-2].[O-2].[O-2].[O-2].[O-2].[O-2].[O-2].[O-2].[O-2].[O-2].[O-2].[O-2].[O-2].[O-2].[O-2].[O-2].[O-2].[O-2].[O-2].[O-2].[O-2].[O-2].[O-2].[O-2].[O-2].[O-2].[O-2].[O-2].[O-2].[O-2].[O-2].[Zn+2].[Zn+2].[Zn+2].[Zn+2].[Zn+2].[Zn+2].[Zn+2].[Zn+2].[Zn+2].[Zn+2].[Zn+2].[Zn+2].[Zn+2].[Zn+2].[Zn+2].[Zn+2].[Zn+2].[Zn+2].[Zn+2].[Zn+2].[Zn+2].[Zn+2].[Zn+2].[Zn+2].[Zn+2].[Zn+2].[Zn+2].[Zn+2].[Zn+2].[Zn+2].[Zn+2].[Zn+2].[Zn+2].[Zn+2].[Zn+2].[Zn+2].[Zn+2].[Zn+2].[Zn+2].[Zn+2].[Zn+2].[Zn+2].[Zn+2].[Zn+2].[Zn+2].[Zn+2].[Zn+2].[Zn+2].[Zn+2].[Zn+2].[Zn+2].[Zn+2].[Zn+2].[Zn+2]. The second-order valence-electron chi connectivity index (χ2n) is 0. The van der Waals surface area contributed by atoms with E-state index in [1.54, 1.807) is 0 Å². The maximum absolute atomic E-state index is 0. The molecule has 120 heavy (non-hydrogen) atoms. The molecular formula is O66Zn54-24. The summed E-state index contributed by atoms with van der Waals surface area (Å²) in [6.45, 7) is 0. The van der Waals surface area contributed by atoms with Crippen LogP contribution < -0.4 is 0 Å². The summed E-state index contributed by atoms with van der Waals surface area (Å²) in [5, 5.41) is 0. The second-order valence-corrected chi connectivity index (χ2v) is 0. The van der Waals surface area contributed by atoms with Gasteiger partial charge in [-0.3, -0.25) is 0 Å². The Labute approximate surface area is 1380 Å². The van der Waals surface area contributed by atoms with Crippen LogP contribution in [0.3, 0.4) is 0 Å². The van der Waals surface area contributed by atoms with Gasteiger partial charge in [-0.25, -0.2) is 0 Å². The third-order valence-electron chi connectivity index (χ3n) is 0. The van der Waals surface area contributed by atoms with Crippen molar-refractivity contribution in [3.05, 3.63) is 0 Å². The zero-order valence-electron chi connectivity index (χ0n) is 65.1. The van der Waals surface area contributed by atoms with Crippen LogP contribution in [0, 0.1) is 0 Å². The first-order valence-electron chi connectivity index (χ1n) is 0. The minimum absolute atomic E-state index is 0. The third kappa shape index (κ3) is 3390. The van der Waals surface area contributed by atoms with Crippen molar-refractivity contribution >= 4 is 0 Å². The molecule has 528 valence electrons. The van der Waals surface area contributed by atoms with Crippen molar-refractivity contribution in [3.63, 3.8) is 0 Å². The molecule has 0 aromatic heterocycles. The summed E-state index contributed by atoms with van der Waals surface area (Å²) in [6, 6.07) is 0. The van der Waals surface area contributed by atoms with Gasteiger partial charge >= 0.3 is 1050 Å². The molecule has 66 nitrogen and oxygen atoms in total. The maximum atomic E-state index is 0. The fourth-order valence-electron chi connectivity index (χ4n) is 0. The van der Waals surface area contributed by atoms with Crippen LogP contribution in [0.25, 0.3) is 0 Å². The molecule has 0 saturated carbocycles. The van der Waals surface area contributed by atoms with Crippen molar-refractivity contribution in [2.45, 2.75) is 0 Å². The van der Waals surface area contributed by atoms with Gasteiger partial charge in [-0.05, 0) is 0 Å². The van der Waals surface area contributed by atoms with E-state index in [2.05, 4.69) is 0 Å². The van der Waals surface area contributed by atoms with Crippen molar-refractivity contribution in [3.8, 4) is 0 Å². The molecule has 0 N–H and O–H groups in total. The number of hydrogen-bond donors (Lipinski definition) is 0. The van der Waals surface area contributed by atoms with E-state index in [0.717, 1.165) is 0 Å². The molecule has 0 aromatic carbocycles. The van der Waals surface area contributed by atoms with Gasteiger partial charge in [0.15, 0.2) is 0 Å². The Morgan fingerprint density at radius 1 is 0.0167 bits per heavy atom. The van der Waals surface area contributed by atoms with E-state index in [9.17, 15) is 0 Å². The molecule has 0 unspecified atom stereocenters.